The van der Waals surface area contributed by atoms with Gasteiger partial charge in [0.25, 0.3) is 0 Å². The van der Waals surface area contributed by atoms with E-state index in [1.807, 2.05) is 0 Å². The van der Waals surface area contributed by atoms with E-state index in [2.05, 4.69) is 43.2 Å². The van der Waals surface area contributed by atoms with Gasteiger partial charge in [-0.15, -0.1) is 24.0 Å². The molecule has 0 aromatic heterocycles. The van der Waals surface area contributed by atoms with Crippen molar-refractivity contribution in [2.24, 2.45) is 10.9 Å². The van der Waals surface area contributed by atoms with Crippen LogP contribution >= 0.6 is 24.0 Å². The summed E-state index contributed by atoms with van der Waals surface area (Å²) < 4.78 is 5.60. The van der Waals surface area contributed by atoms with E-state index in [0.29, 0.717) is 12.0 Å². The van der Waals surface area contributed by atoms with Crippen LogP contribution in [-0.2, 0) is 4.74 Å². The molecule has 0 saturated carbocycles. The average Bonchev–Trinajstić information content (AvgIpc) is 2.59. The molecule has 0 aromatic carbocycles. The summed E-state index contributed by atoms with van der Waals surface area (Å²) in [5.41, 5.74) is 0. The molecular weight excluding hydrogens is 427 g/mol. The average molecular weight is 468 g/mol. The molecule has 0 spiro atoms. The lowest BCUT2D eigenvalue weighted by atomic mass is 9.97. The van der Waals surface area contributed by atoms with Crippen molar-refractivity contribution in [3.63, 3.8) is 0 Å². The second kappa shape index (κ2) is 16.1. The molecule has 0 radical (unpaired) electrons. The Labute approximate surface area is 172 Å². The summed E-state index contributed by atoms with van der Waals surface area (Å²) in [6.07, 6.45) is 5.99. The zero-order chi connectivity index (χ0) is 17.6. The molecule has 1 aliphatic rings. The highest BCUT2D eigenvalue weighted by molar-refractivity contribution is 14.0. The monoisotopic (exact) mass is 468 g/mol. The molecule has 2 N–H and O–H groups in total. The molecule has 1 rings (SSSR count). The van der Waals surface area contributed by atoms with Crippen molar-refractivity contribution in [2.75, 3.05) is 45.9 Å². The van der Waals surface area contributed by atoms with Crippen LogP contribution in [0.15, 0.2) is 4.99 Å². The van der Waals surface area contributed by atoms with E-state index in [9.17, 15) is 0 Å². The topological polar surface area (TPSA) is 48.9 Å². The number of ether oxygens (including phenoxy) is 1. The maximum absolute atomic E-state index is 5.60. The fraction of sp³-hybridized carbons (Fsp3) is 0.947. The van der Waals surface area contributed by atoms with Crippen molar-refractivity contribution in [2.45, 2.75) is 65.8 Å². The summed E-state index contributed by atoms with van der Waals surface area (Å²) in [5.74, 6) is 1.64. The molecule has 6 heteroatoms. The first-order valence-electron chi connectivity index (χ1n) is 10.0. The summed E-state index contributed by atoms with van der Waals surface area (Å²) in [5, 5.41) is 6.78. The molecule has 150 valence electrons. The zero-order valence-electron chi connectivity index (χ0n) is 16.9. The van der Waals surface area contributed by atoms with Gasteiger partial charge in [-0.05, 0) is 58.9 Å². The van der Waals surface area contributed by atoms with Crippen LogP contribution in [0.1, 0.15) is 59.8 Å². The third-order valence-electron chi connectivity index (χ3n) is 4.53. The smallest absolute Gasteiger partial charge is 0.191 e. The predicted octanol–water partition coefficient (Wildman–Crippen LogP) is 3.49. The lowest BCUT2D eigenvalue weighted by Crippen LogP contribution is -2.42. The molecule has 5 nitrogen and oxygen atoms in total. The zero-order valence-corrected chi connectivity index (χ0v) is 19.2. The Balaban J connectivity index is 0.00000576. The van der Waals surface area contributed by atoms with Crippen LogP contribution < -0.4 is 10.6 Å². The van der Waals surface area contributed by atoms with E-state index in [-0.39, 0.29) is 24.0 Å². The van der Waals surface area contributed by atoms with Crippen LogP contribution in [0.2, 0.25) is 0 Å². The fourth-order valence-corrected chi connectivity index (χ4v) is 3.01. The highest BCUT2D eigenvalue weighted by Gasteiger charge is 2.21. The third-order valence-corrected chi connectivity index (χ3v) is 4.53. The number of hydrogen-bond acceptors (Lipinski definition) is 3. The van der Waals surface area contributed by atoms with Crippen LogP contribution in [0.4, 0.5) is 0 Å². The number of guanidine groups is 1. The van der Waals surface area contributed by atoms with Crippen molar-refractivity contribution in [3.05, 3.63) is 0 Å². The standard InChI is InChI=1S/C19H40N4O.HI/c1-5-7-13-24-14-9-11-21-19(20-6-2)22-15-18-10-8-12-23(16-18)17(3)4;/h17-18H,5-16H2,1-4H3,(H2,20,21,22);1H. The number of halogens is 1. The fourth-order valence-electron chi connectivity index (χ4n) is 3.01. The highest BCUT2D eigenvalue weighted by atomic mass is 127. The number of rotatable bonds is 11. The Morgan fingerprint density at radius 1 is 1.20 bits per heavy atom. The summed E-state index contributed by atoms with van der Waals surface area (Å²) in [7, 11) is 0. The molecule has 0 amide bonds. The molecule has 1 saturated heterocycles. The third kappa shape index (κ3) is 12.0. The van der Waals surface area contributed by atoms with Crippen LogP contribution in [0, 0.1) is 5.92 Å². The molecule has 25 heavy (non-hydrogen) atoms. The first-order chi connectivity index (χ1) is 11.7. The van der Waals surface area contributed by atoms with Crippen molar-refractivity contribution in [3.8, 4) is 0 Å². The number of aliphatic imine (C=N–C) groups is 1. The van der Waals surface area contributed by atoms with Gasteiger partial charge in [0.2, 0.25) is 0 Å². The van der Waals surface area contributed by atoms with Gasteiger partial charge in [0.1, 0.15) is 0 Å². The summed E-state index contributed by atoms with van der Waals surface area (Å²) in [4.78, 5) is 7.39. The van der Waals surface area contributed by atoms with E-state index < -0.39 is 0 Å². The molecule has 1 atom stereocenters. The lowest BCUT2D eigenvalue weighted by Gasteiger charge is -2.34. The molecular formula is C19H41IN4O. The predicted molar refractivity (Wildman–Crippen MR) is 119 cm³/mol. The van der Waals surface area contributed by atoms with Gasteiger partial charge in [0.05, 0.1) is 0 Å². The Bertz CT molecular complexity index is 339. The number of nitrogens with one attached hydrogen (secondary N) is 2. The minimum Gasteiger partial charge on any atom is -0.381 e. The van der Waals surface area contributed by atoms with Crippen molar-refractivity contribution >= 4 is 29.9 Å². The molecule has 1 aliphatic heterocycles. The van der Waals surface area contributed by atoms with Gasteiger partial charge in [0, 0.05) is 45.4 Å². The molecule has 1 heterocycles. The first kappa shape index (κ1) is 24.9. The molecule has 0 bridgehead atoms. The molecule has 0 aromatic rings. The number of hydrogen-bond donors (Lipinski definition) is 2. The highest BCUT2D eigenvalue weighted by Crippen LogP contribution is 2.18. The van der Waals surface area contributed by atoms with Gasteiger partial charge in [-0.2, -0.15) is 0 Å². The first-order valence-corrected chi connectivity index (χ1v) is 10.0. The minimum atomic E-state index is 0. The van der Waals surface area contributed by atoms with E-state index >= 15 is 0 Å². The Morgan fingerprint density at radius 2 is 1.96 bits per heavy atom. The minimum absolute atomic E-state index is 0. The number of likely N-dealkylation sites (tertiary alicyclic amines) is 1. The van der Waals surface area contributed by atoms with Crippen LogP contribution in [0.3, 0.4) is 0 Å². The van der Waals surface area contributed by atoms with Crippen molar-refractivity contribution < 1.29 is 4.74 Å². The Morgan fingerprint density at radius 3 is 2.64 bits per heavy atom. The normalized spacial score (nSPS) is 18.9. The van der Waals surface area contributed by atoms with Crippen LogP contribution in [0.25, 0.3) is 0 Å². The maximum atomic E-state index is 5.60. The second-order valence-electron chi connectivity index (χ2n) is 7.06. The molecule has 0 aliphatic carbocycles. The van der Waals surface area contributed by atoms with Crippen molar-refractivity contribution in [1.29, 1.82) is 0 Å². The van der Waals surface area contributed by atoms with Gasteiger partial charge < -0.3 is 20.3 Å². The number of nitrogens with zero attached hydrogens (tertiary/aromatic N) is 2. The summed E-state index contributed by atoms with van der Waals surface area (Å²) >= 11 is 0. The van der Waals surface area contributed by atoms with Gasteiger partial charge in [-0.25, -0.2) is 0 Å². The van der Waals surface area contributed by atoms with Gasteiger partial charge >= 0.3 is 0 Å². The van der Waals surface area contributed by atoms with Crippen LogP contribution in [0.5, 0.6) is 0 Å². The Kier molecular flexibility index (Phi) is 16.1. The SMILES string of the molecule is CCCCOCCCNC(=NCC1CCCN(C(C)C)C1)NCC.I. The second-order valence-corrected chi connectivity index (χ2v) is 7.06. The molecule has 1 unspecified atom stereocenters. The quantitative estimate of drug-likeness (QED) is 0.211. The van der Waals surface area contributed by atoms with E-state index in [0.717, 1.165) is 51.6 Å². The van der Waals surface area contributed by atoms with E-state index in [1.54, 1.807) is 0 Å². The maximum Gasteiger partial charge on any atom is 0.191 e. The van der Waals surface area contributed by atoms with E-state index in [1.165, 1.54) is 32.4 Å². The summed E-state index contributed by atoms with van der Waals surface area (Å²) in [6.45, 7) is 15.8. The van der Waals surface area contributed by atoms with E-state index in [4.69, 9.17) is 9.73 Å². The van der Waals surface area contributed by atoms with Crippen LogP contribution in [-0.4, -0.2) is 62.8 Å². The lowest BCUT2D eigenvalue weighted by molar-refractivity contribution is 0.129. The van der Waals surface area contributed by atoms with Gasteiger partial charge in [-0.3, -0.25) is 4.99 Å². The Hall–Kier alpha value is -0.0800. The largest absolute Gasteiger partial charge is 0.381 e. The summed E-state index contributed by atoms with van der Waals surface area (Å²) in [6, 6.07) is 0.649. The van der Waals surface area contributed by atoms with Crippen molar-refractivity contribution in [1.82, 2.24) is 15.5 Å². The number of unbranched alkanes of at least 4 members (excludes halogenated alkanes) is 1. The van der Waals surface area contributed by atoms with Gasteiger partial charge in [-0.1, -0.05) is 13.3 Å². The molecule has 1 fully saturated rings. The van der Waals surface area contributed by atoms with Gasteiger partial charge in [0.15, 0.2) is 5.96 Å². The number of piperidine rings is 1.